The van der Waals surface area contributed by atoms with Crippen molar-refractivity contribution in [3.63, 3.8) is 0 Å². The van der Waals surface area contributed by atoms with E-state index in [0.29, 0.717) is 5.92 Å². The summed E-state index contributed by atoms with van der Waals surface area (Å²) in [4.78, 5) is 0. The van der Waals surface area contributed by atoms with Crippen LogP contribution in [-0.4, -0.2) is 7.28 Å². The van der Waals surface area contributed by atoms with Gasteiger partial charge in [0.1, 0.15) is 0 Å². The number of hydrogen-bond acceptors (Lipinski definition) is 0. The lowest BCUT2D eigenvalue weighted by atomic mass is 9.65. The van der Waals surface area contributed by atoms with E-state index in [2.05, 4.69) is 62.8 Å². The maximum atomic E-state index is 2.29. The van der Waals surface area contributed by atoms with E-state index in [1.165, 1.54) is 22.1 Å². The van der Waals surface area contributed by atoms with Gasteiger partial charge in [0, 0.05) is 0 Å². The van der Waals surface area contributed by atoms with Crippen molar-refractivity contribution in [1.82, 2.24) is 0 Å². The summed E-state index contributed by atoms with van der Waals surface area (Å²) in [6, 6.07) is 0. The highest BCUT2D eigenvalue weighted by Gasteiger charge is 2.20. The molecule has 1 heterocycles. The largest absolute Gasteiger partial charge is 0.193 e. The Kier molecular flexibility index (Phi) is 2.32. The van der Waals surface area contributed by atoms with Gasteiger partial charge in [-0.15, -0.1) is 0 Å². The van der Waals surface area contributed by atoms with Crippen molar-refractivity contribution in [1.29, 1.82) is 0 Å². The second-order valence-electron chi connectivity index (χ2n) is 4.50. The van der Waals surface area contributed by atoms with Crippen LogP contribution in [0.4, 0.5) is 0 Å². The molecule has 1 radical (unpaired) electrons. The van der Waals surface area contributed by atoms with Gasteiger partial charge < -0.3 is 0 Å². The minimum atomic E-state index is 0.536. The van der Waals surface area contributed by atoms with Crippen molar-refractivity contribution in [2.24, 2.45) is 5.92 Å². The first kappa shape index (κ1) is 9.71. The Morgan fingerprint density at radius 3 is 2.56 bits per heavy atom. The fraction of sp³-hybridized carbons (Fsp3) is 0.200. The minimum Gasteiger partial charge on any atom is -0.0813 e. The molecule has 1 heteroatoms. The predicted molar refractivity (Wildman–Crippen MR) is 70.1 cm³/mol. The van der Waals surface area contributed by atoms with E-state index >= 15 is 0 Å². The highest BCUT2D eigenvalue weighted by Crippen LogP contribution is 2.33. The fourth-order valence-corrected chi connectivity index (χ4v) is 2.31. The van der Waals surface area contributed by atoms with E-state index in [1.54, 1.807) is 0 Å². The fourth-order valence-electron chi connectivity index (χ4n) is 2.31. The minimum absolute atomic E-state index is 0.536. The molecule has 0 nitrogen and oxygen atoms in total. The SMILES string of the molecule is C[C@H]1C=CC2=C(C=C1)C1=C([B]2)C=CCC=C1. The second-order valence-corrected chi connectivity index (χ2v) is 4.50. The molecule has 1 atom stereocenters. The molecule has 3 aliphatic rings. The van der Waals surface area contributed by atoms with Crippen molar-refractivity contribution in [2.75, 3.05) is 0 Å². The van der Waals surface area contributed by atoms with Crippen molar-refractivity contribution in [3.8, 4) is 0 Å². The van der Waals surface area contributed by atoms with Crippen LogP contribution in [0.1, 0.15) is 13.3 Å². The third kappa shape index (κ3) is 1.57. The molecule has 0 fully saturated rings. The summed E-state index contributed by atoms with van der Waals surface area (Å²) in [5.41, 5.74) is 5.45. The van der Waals surface area contributed by atoms with Crippen LogP contribution in [0.3, 0.4) is 0 Å². The number of fused-ring (bicyclic) bond motifs is 1. The Balaban J connectivity index is 2.07. The van der Waals surface area contributed by atoms with Gasteiger partial charge in [0.05, 0.1) is 0 Å². The molecular weight excluding hydrogens is 191 g/mol. The Morgan fingerprint density at radius 1 is 0.938 bits per heavy atom. The van der Waals surface area contributed by atoms with Gasteiger partial charge in [0.15, 0.2) is 7.28 Å². The smallest absolute Gasteiger partial charge is 0.0813 e. The molecule has 0 unspecified atom stereocenters. The first-order valence-electron chi connectivity index (χ1n) is 5.88. The molecule has 0 N–H and O–H groups in total. The molecule has 16 heavy (non-hydrogen) atoms. The molecule has 1 aliphatic heterocycles. The van der Waals surface area contributed by atoms with E-state index in [4.69, 9.17) is 0 Å². The van der Waals surface area contributed by atoms with E-state index in [0.717, 1.165) is 6.42 Å². The van der Waals surface area contributed by atoms with Crippen LogP contribution in [-0.2, 0) is 0 Å². The van der Waals surface area contributed by atoms with Gasteiger partial charge in [-0.05, 0) is 23.5 Å². The van der Waals surface area contributed by atoms with E-state index < -0.39 is 0 Å². The van der Waals surface area contributed by atoms with Crippen LogP contribution < -0.4 is 0 Å². The molecule has 0 aromatic rings. The summed E-state index contributed by atoms with van der Waals surface area (Å²) >= 11 is 0. The number of rotatable bonds is 0. The van der Waals surface area contributed by atoms with E-state index in [9.17, 15) is 0 Å². The zero-order chi connectivity index (χ0) is 11.0. The van der Waals surface area contributed by atoms with Gasteiger partial charge in [-0.25, -0.2) is 0 Å². The third-order valence-electron chi connectivity index (χ3n) is 3.22. The first-order chi connectivity index (χ1) is 7.84. The molecule has 2 aliphatic carbocycles. The lowest BCUT2D eigenvalue weighted by Gasteiger charge is -2.01. The molecule has 0 saturated carbocycles. The summed E-state index contributed by atoms with van der Waals surface area (Å²) in [5, 5.41) is 0. The standard InChI is InChI=1S/C15H14B/c1-11-7-9-13-12-5-3-2-4-6-14(12)16-15(13)10-8-11/h3-11H,2H2,1H3/t11-/m1/s1. The number of allylic oxidation sites excluding steroid dienone is 12. The van der Waals surface area contributed by atoms with Crippen LogP contribution in [0.25, 0.3) is 0 Å². The Bertz CT molecular complexity index is 496. The van der Waals surface area contributed by atoms with Gasteiger partial charge >= 0.3 is 0 Å². The monoisotopic (exact) mass is 205 g/mol. The molecule has 0 spiro atoms. The van der Waals surface area contributed by atoms with Gasteiger partial charge in [-0.3, -0.25) is 0 Å². The van der Waals surface area contributed by atoms with E-state index in [-0.39, 0.29) is 0 Å². The lowest BCUT2D eigenvalue weighted by Crippen LogP contribution is -1.92. The average Bonchev–Trinajstić information content (AvgIpc) is 2.48. The highest BCUT2D eigenvalue weighted by atomic mass is 14.2. The molecule has 0 bridgehead atoms. The molecule has 77 valence electrons. The topological polar surface area (TPSA) is 0 Å². The average molecular weight is 205 g/mol. The molecule has 0 amide bonds. The second kappa shape index (κ2) is 3.82. The zero-order valence-electron chi connectivity index (χ0n) is 9.48. The van der Waals surface area contributed by atoms with Gasteiger partial charge in [-0.2, -0.15) is 0 Å². The molecule has 0 saturated heterocycles. The first-order valence-corrected chi connectivity index (χ1v) is 5.88. The summed E-state index contributed by atoms with van der Waals surface area (Å²) in [6.45, 7) is 2.22. The van der Waals surface area contributed by atoms with Crippen LogP contribution >= 0.6 is 0 Å². The summed E-state index contributed by atoms with van der Waals surface area (Å²) < 4.78 is 0. The van der Waals surface area contributed by atoms with Crippen molar-refractivity contribution >= 4 is 7.28 Å². The van der Waals surface area contributed by atoms with Gasteiger partial charge in [-0.1, -0.05) is 66.5 Å². The summed E-state index contributed by atoms with van der Waals surface area (Å²) in [5.74, 6) is 0.536. The normalized spacial score (nSPS) is 26.4. The van der Waals surface area contributed by atoms with Crippen LogP contribution in [0.2, 0.25) is 0 Å². The molecule has 0 aromatic carbocycles. The summed E-state index contributed by atoms with van der Waals surface area (Å²) in [6.07, 6.45) is 19.0. The molecular formula is C15H14B. The summed E-state index contributed by atoms with van der Waals surface area (Å²) in [7, 11) is 2.29. The third-order valence-corrected chi connectivity index (χ3v) is 3.22. The Hall–Kier alpha value is -1.50. The lowest BCUT2D eigenvalue weighted by molar-refractivity contribution is 0.942. The van der Waals surface area contributed by atoms with Crippen LogP contribution in [0, 0.1) is 5.92 Å². The Labute approximate surface area is 97.7 Å². The maximum absolute atomic E-state index is 2.29. The van der Waals surface area contributed by atoms with E-state index in [1.807, 2.05) is 0 Å². The Morgan fingerprint density at radius 2 is 1.62 bits per heavy atom. The van der Waals surface area contributed by atoms with Crippen molar-refractivity contribution in [2.45, 2.75) is 13.3 Å². The van der Waals surface area contributed by atoms with Crippen molar-refractivity contribution < 1.29 is 0 Å². The quantitative estimate of drug-likeness (QED) is 0.531. The molecule has 0 aromatic heterocycles. The van der Waals surface area contributed by atoms with Crippen molar-refractivity contribution in [3.05, 3.63) is 70.7 Å². The van der Waals surface area contributed by atoms with Crippen LogP contribution in [0.5, 0.6) is 0 Å². The molecule has 3 rings (SSSR count). The number of hydrogen-bond donors (Lipinski definition) is 0. The van der Waals surface area contributed by atoms with Gasteiger partial charge in [0.2, 0.25) is 0 Å². The highest BCUT2D eigenvalue weighted by molar-refractivity contribution is 6.58. The zero-order valence-corrected chi connectivity index (χ0v) is 9.48. The maximum Gasteiger partial charge on any atom is 0.193 e. The predicted octanol–water partition coefficient (Wildman–Crippen LogP) is 3.49. The van der Waals surface area contributed by atoms with Crippen LogP contribution in [0.15, 0.2) is 70.7 Å². The van der Waals surface area contributed by atoms with Gasteiger partial charge in [0.25, 0.3) is 0 Å².